The number of ether oxygens (including phenoxy) is 1. The van der Waals surface area contributed by atoms with Crippen LogP contribution in [0.25, 0.3) is 0 Å². The Labute approximate surface area is 102 Å². The predicted molar refractivity (Wildman–Crippen MR) is 67.5 cm³/mol. The van der Waals surface area contributed by atoms with Crippen molar-refractivity contribution >= 4 is 5.78 Å². The second kappa shape index (κ2) is 5.32. The lowest BCUT2D eigenvalue weighted by Crippen LogP contribution is -2.22. The van der Waals surface area contributed by atoms with Gasteiger partial charge in [-0.2, -0.15) is 0 Å². The second-order valence-corrected chi connectivity index (χ2v) is 4.54. The number of ketones is 1. The Morgan fingerprint density at radius 1 is 1.41 bits per heavy atom. The molecular formula is C14H19NO2. The van der Waals surface area contributed by atoms with Gasteiger partial charge in [0.15, 0.2) is 5.78 Å². The summed E-state index contributed by atoms with van der Waals surface area (Å²) < 4.78 is 5.51. The van der Waals surface area contributed by atoms with Crippen molar-refractivity contribution in [3.8, 4) is 5.75 Å². The summed E-state index contributed by atoms with van der Waals surface area (Å²) >= 11 is 0. The summed E-state index contributed by atoms with van der Waals surface area (Å²) in [5.74, 6) is 1.39. The fourth-order valence-corrected chi connectivity index (χ4v) is 2.31. The number of nitrogens with one attached hydrogen (secondary N) is 1. The highest BCUT2D eigenvalue weighted by Crippen LogP contribution is 2.26. The molecule has 17 heavy (non-hydrogen) atoms. The lowest BCUT2D eigenvalue weighted by atomic mass is 9.89. The van der Waals surface area contributed by atoms with Gasteiger partial charge in [-0.1, -0.05) is 19.1 Å². The van der Waals surface area contributed by atoms with Crippen LogP contribution in [-0.4, -0.2) is 25.5 Å². The maximum Gasteiger partial charge on any atom is 0.171 e. The van der Waals surface area contributed by atoms with Gasteiger partial charge < -0.3 is 10.1 Å². The summed E-state index contributed by atoms with van der Waals surface area (Å²) in [6, 6.07) is 7.52. The van der Waals surface area contributed by atoms with Crippen molar-refractivity contribution in [2.45, 2.75) is 13.8 Å². The van der Waals surface area contributed by atoms with E-state index in [1.165, 1.54) is 0 Å². The second-order valence-electron chi connectivity index (χ2n) is 4.54. The van der Waals surface area contributed by atoms with Crippen LogP contribution in [0.2, 0.25) is 0 Å². The van der Waals surface area contributed by atoms with Gasteiger partial charge in [-0.25, -0.2) is 0 Å². The molecule has 1 aromatic carbocycles. The fraction of sp³-hybridized carbons (Fsp3) is 0.500. The van der Waals surface area contributed by atoms with Crippen LogP contribution in [-0.2, 0) is 0 Å². The molecule has 3 nitrogen and oxygen atoms in total. The molecule has 1 N–H and O–H groups in total. The van der Waals surface area contributed by atoms with Crippen molar-refractivity contribution in [1.82, 2.24) is 5.32 Å². The van der Waals surface area contributed by atoms with Gasteiger partial charge in [-0.3, -0.25) is 4.79 Å². The average molecular weight is 233 g/mol. The first-order chi connectivity index (χ1) is 8.24. The number of hydrogen-bond donors (Lipinski definition) is 1. The summed E-state index contributed by atoms with van der Waals surface area (Å²) in [7, 11) is 0. The molecule has 0 amide bonds. The molecule has 1 heterocycles. The van der Waals surface area contributed by atoms with Gasteiger partial charge in [0.05, 0.1) is 12.2 Å². The topological polar surface area (TPSA) is 38.3 Å². The van der Waals surface area contributed by atoms with Crippen molar-refractivity contribution in [3.63, 3.8) is 0 Å². The molecule has 1 aromatic rings. The molecule has 0 radical (unpaired) electrons. The minimum Gasteiger partial charge on any atom is -0.493 e. The molecule has 2 unspecified atom stereocenters. The zero-order valence-corrected chi connectivity index (χ0v) is 10.4. The molecule has 0 bridgehead atoms. The third-order valence-corrected chi connectivity index (χ3v) is 3.31. The van der Waals surface area contributed by atoms with E-state index < -0.39 is 0 Å². The maximum absolute atomic E-state index is 12.4. The van der Waals surface area contributed by atoms with E-state index in [2.05, 4.69) is 12.2 Å². The number of benzene rings is 1. The Balaban J connectivity index is 2.23. The van der Waals surface area contributed by atoms with Crippen LogP contribution in [0.1, 0.15) is 24.2 Å². The molecule has 0 aromatic heterocycles. The molecule has 0 saturated carbocycles. The number of carbonyl (C=O) groups excluding carboxylic acids is 1. The first kappa shape index (κ1) is 12.1. The average Bonchev–Trinajstić information content (AvgIpc) is 2.76. The zero-order chi connectivity index (χ0) is 12.3. The highest BCUT2D eigenvalue weighted by molar-refractivity contribution is 6.00. The van der Waals surface area contributed by atoms with E-state index in [1.54, 1.807) is 0 Å². The van der Waals surface area contributed by atoms with Crippen LogP contribution >= 0.6 is 0 Å². The maximum atomic E-state index is 12.4. The van der Waals surface area contributed by atoms with Crippen molar-refractivity contribution in [2.75, 3.05) is 19.7 Å². The van der Waals surface area contributed by atoms with E-state index in [1.807, 2.05) is 31.2 Å². The zero-order valence-electron chi connectivity index (χ0n) is 10.4. The van der Waals surface area contributed by atoms with Crippen LogP contribution in [0.5, 0.6) is 5.75 Å². The minimum absolute atomic E-state index is 0.0802. The monoisotopic (exact) mass is 233 g/mol. The van der Waals surface area contributed by atoms with Crippen molar-refractivity contribution in [2.24, 2.45) is 11.8 Å². The van der Waals surface area contributed by atoms with E-state index in [0.29, 0.717) is 18.3 Å². The van der Waals surface area contributed by atoms with Crippen molar-refractivity contribution in [3.05, 3.63) is 29.8 Å². The molecule has 92 valence electrons. The summed E-state index contributed by atoms with van der Waals surface area (Å²) in [6.07, 6.45) is 0. The predicted octanol–water partition coefficient (Wildman–Crippen LogP) is 2.12. The number of Topliss-reactive ketones (excluding diaryl/α,β-unsaturated/α-hetero) is 1. The van der Waals surface area contributed by atoms with Crippen LogP contribution < -0.4 is 10.1 Å². The molecule has 1 aliphatic rings. The lowest BCUT2D eigenvalue weighted by molar-refractivity contribution is 0.0904. The largest absolute Gasteiger partial charge is 0.493 e. The van der Waals surface area contributed by atoms with Gasteiger partial charge in [0.25, 0.3) is 0 Å². The van der Waals surface area contributed by atoms with Gasteiger partial charge in [0.2, 0.25) is 0 Å². The van der Waals surface area contributed by atoms with Crippen molar-refractivity contribution < 1.29 is 9.53 Å². The van der Waals surface area contributed by atoms with Gasteiger partial charge >= 0.3 is 0 Å². The molecule has 2 rings (SSSR count). The highest BCUT2D eigenvalue weighted by Gasteiger charge is 2.31. The fourth-order valence-electron chi connectivity index (χ4n) is 2.31. The molecule has 0 spiro atoms. The van der Waals surface area contributed by atoms with E-state index in [0.717, 1.165) is 18.7 Å². The molecule has 1 fully saturated rings. The number of carbonyl (C=O) groups is 1. The first-order valence-electron chi connectivity index (χ1n) is 6.20. The molecule has 1 saturated heterocycles. The lowest BCUT2D eigenvalue weighted by Gasteiger charge is -2.15. The molecule has 3 heteroatoms. The number of rotatable bonds is 4. The molecule has 2 atom stereocenters. The van der Waals surface area contributed by atoms with E-state index in [9.17, 15) is 4.79 Å². The number of para-hydroxylation sites is 1. The Hall–Kier alpha value is -1.35. The summed E-state index contributed by atoms with van der Waals surface area (Å²) in [5.41, 5.74) is 0.718. The first-order valence-corrected chi connectivity index (χ1v) is 6.20. The van der Waals surface area contributed by atoms with Gasteiger partial charge in [0, 0.05) is 12.5 Å². The third-order valence-electron chi connectivity index (χ3n) is 3.31. The molecule has 0 aliphatic carbocycles. The van der Waals surface area contributed by atoms with Gasteiger partial charge in [0.1, 0.15) is 5.75 Å². The minimum atomic E-state index is 0.0802. The Kier molecular flexibility index (Phi) is 3.79. The van der Waals surface area contributed by atoms with Gasteiger partial charge in [-0.05, 0) is 31.5 Å². The van der Waals surface area contributed by atoms with E-state index in [-0.39, 0.29) is 11.7 Å². The summed E-state index contributed by atoms with van der Waals surface area (Å²) in [4.78, 5) is 12.4. The van der Waals surface area contributed by atoms with Crippen LogP contribution in [0, 0.1) is 11.8 Å². The van der Waals surface area contributed by atoms with Gasteiger partial charge in [-0.15, -0.1) is 0 Å². The SMILES string of the molecule is CCOc1ccccc1C(=O)C1CNCC1C. The summed E-state index contributed by atoms with van der Waals surface area (Å²) in [6.45, 7) is 6.34. The summed E-state index contributed by atoms with van der Waals surface area (Å²) in [5, 5.41) is 3.26. The standard InChI is InChI=1S/C14H19NO2/c1-3-17-13-7-5-4-6-11(13)14(16)12-9-15-8-10(12)2/h4-7,10,12,15H,3,8-9H2,1-2H3. The smallest absolute Gasteiger partial charge is 0.171 e. The quantitative estimate of drug-likeness (QED) is 0.810. The molecular weight excluding hydrogens is 214 g/mol. The molecule has 1 aliphatic heterocycles. The third kappa shape index (κ3) is 2.50. The van der Waals surface area contributed by atoms with E-state index >= 15 is 0 Å². The normalized spacial score (nSPS) is 23.6. The van der Waals surface area contributed by atoms with Crippen LogP contribution in [0.4, 0.5) is 0 Å². The Morgan fingerprint density at radius 3 is 2.82 bits per heavy atom. The highest BCUT2D eigenvalue weighted by atomic mass is 16.5. The van der Waals surface area contributed by atoms with Crippen LogP contribution in [0.3, 0.4) is 0 Å². The Morgan fingerprint density at radius 2 is 2.18 bits per heavy atom. The Bertz CT molecular complexity index is 403. The number of hydrogen-bond acceptors (Lipinski definition) is 3. The van der Waals surface area contributed by atoms with Crippen LogP contribution in [0.15, 0.2) is 24.3 Å². The van der Waals surface area contributed by atoms with Crippen molar-refractivity contribution in [1.29, 1.82) is 0 Å². The van der Waals surface area contributed by atoms with E-state index in [4.69, 9.17) is 4.74 Å².